The summed E-state index contributed by atoms with van der Waals surface area (Å²) >= 11 is 2.77. The molecular formula is C9H12BrNO2. The number of anilines is 1. The van der Waals surface area contributed by atoms with Gasteiger partial charge in [0.05, 0.1) is 10.2 Å². The standard InChI is InChI=1S/C9H12BrNO2/c10-8-1-2-9(13-8)11-5-3-7(12)4-6-11/h1-2,7,12H,3-6H2/i1D,2D,3D2,4D2,5D2,6D2,7D. The molecule has 1 fully saturated rings. The number of nitrogens with zero attached hydrogens (tertiary/aromatic N) is 1. The third-order valence-electron chi connectivity index (χ3n) is 1.23. The molecule has 1 aromatic rings. The van der Waals surface area contributed by atoms with E-state index in [0.717, 1.165) is 0 Å². The molecule has 0 saturated carbocycles. The molecule has 0 radical (unpaired) electrons. The van der Waals surface area contributed by atoms with Gasteiger partial charge in [-0.2, -0.15) is 0 Å². The van der Waals surface area contributed by atoms with Crippen molar-refractivity contribution in [2.75, 3.05) is 17.9 Å². The van der Waals surface area contributed by atoms with Gasteiger partial charge in [-0.15, -0.1) is 0 Å². The minimum Gasteiger partial charge on any atom is -0.434 e. The Morgan fingerprint density at radius 3 is 2.92 bits per heavy atom. The maximum absolute atomic E-state index is 9.98. The molecule has 0 aliphatic carbocycles. The maximum Gasteiger partial charge on any atom is 0.196 e. The molecule has 0 amide bonds. The molecule has 0 bridgehead atoms. The number of rotatable bonds is 1. The molecule has 1 aliphatic heterocycles. The van der Waals surface area contributed by atoms with Crippen molar-refractivity contribution in [2.45, 2.75) is 18.8 Å². The SMILES string of the molecule is [2H]c1c(Br)oc(N2C([2H])([2H])C([2H])([2H])C([2H])(O)C([2H])([2H])C2([2H])[2H])c1[2H]. The Kier molecular flexibility index (Phi) is 0.790. The fourth-order valence-corrected chi connectivity index (χ4v) is 0.971. The first-order chi connectivity index (χ1) is 10.5. The number of hydrogen-bond acceptors (Lipinski definition) is 3. The van der Waals surface area contributed by atoms with Gasteiger partial charge in [0.25, 0.3) is 0 Å². The van der Waals surface area contributed by atoms with Gasteiger partial charge >= 0.3 is 0 Å². The van der Waals surface area contributed by atoms with Gasteiger partial charge in [-0.1, -0.05) is 0 Å². The average molecular weight is 257 g/mol. The van der Waals surface area contributed by atoms with Crippen molar-refractivity contribution in [2.24, 2.45) is 0 Å². The van der Waals surface area contributed by atoms with Crippen molar-refractivity contribution in [1.29, 1.82) is 0 Å². The van der Waals surface area contributed by atoms with E-state index in [1.54, 1.807) is 0 Å². The average Bonchev–Trinajstić information content (AvgIpc) is 2.64. The fourth-order valence-electron chi connectivity index (χ4n) is 0.719. The van der Waals surface area contributed by atoms with Gasteiger partial charge in [0.1, 0.15) is 0 Å². The molecule has 2 heterocycles. The second kappa shape index (κ2) is 3.72. The Balaban J connectivity index is 2.86. The van der Waals surface area contributed by atoms with Crippen LogP contribution in [0.25, 0.3) is 0 Å². The molecule has 0 aromatic carbocycles. The highest BCUT2D eigenvalue weighted by Crippen LogP contribution is 2.25. The molecule has 1 aromatic heterocycles. The zero-order chi connectivity index (χ0) is 19.1. The van der Waals surface area contributed by atoms with Crippen LogP contribution >= 0.6 is 15.9 Å². The summed E-state index contributed by atoms with van der Waals surface area (Å²) in [6.07, 6.45) is -11.0. The van der Waals surface area contributed by atoms with Gasteiger partial charge in [0.15, 0.2) is 10.6 Å². The zero-order valence-corrected chi connectivity index (χ0v) is 7.77. The largest absolute Gasteiger partial charge is 0.434 e. The lowest BCUT2D eigenvalue weighted by Crippen LogP contribution is -2.35. The monoisotopic (exact) mass is 256 g/mol. The Labute approximate surface area is 101 Å². The van der Waals surface area contributed by atoms with Gasteiger partial charge in [0.2, 0.25) is 0 Å². The van der Waals surface area contributed by atoms with E-state index in [-0.39, 0.29) is 9.57 Å². The number of furan rings is 1. The molecule has 1 aliphatic rings. The van der Waals surface area contributed by atoms with Crippen molar-refractivity contribution in [3.05, 3.63) is 16.8 Å². The van der Waals surface area contributed by atoms with Crippen molar-refractivity contribution >= 4 is 21.8 Å². The van der Waals surface area contributed by atoms with Gasteiger partial charge in [0, 0.05) is 30.0 Å². The number of aliphatic hydroxyl groups is 1. The predicted octanol–water partition coefficient (Wildman–Crippen LogP) is 2.00. The molecule has 72 valence electrons. The van der Waals surface area contributed by atoms with Crippen molar-refractivity contribution in [3.8, 4) is 0 Å². The second-order valence-electron chi connectivity index (χ2n) is 2.09. The molecule has 0 unspecified atom stereocenters. The number of piperidine rings is 1. The van der Waals surface area contributed by atoms with Crippen LogP contribution in [0.4, 0.5) is 5.88 Å². The molecule has 13 heavy (non-hydrogen) atoms. The summed E-state index contributed by atoms with van der Waals surface area (Å²) in [4.78, 5) is -0.117. The quantitative estimate of drug-likeness (QED) is 0.836. The first kappa shape index (κ1) is 2.76. The third-order valence-corrected chi connectivity index (χ3v) is 1.59. The lowest BCUT2D eigenvalue weighted by molar-refractivity contribution is 0.144. The molecule has 0 spiro atoms. The van der Waals surface area contributed by atoms with Crippen LogP contribution in [0.15, 0.2) is 21.2 Å². The van der Waals surface area contributed by atoms with Gasteiger partial charge in [-0.3, -0.25) is 0 Å². The van der Waals surface area contributed by atoms with Crippen LogP contribution in [0.2, 0.25) is 0 Å². The van der Waals surface area contributed by atoms with Crippen LogP contribution < -0.4 is 4.90 Å². The molecule has 1 N–H and O–H groups in total. The molecule has 2 rings (SSSR count). The van der Waals surface area contributed by atoms with Crippen LogP contribution in [0.5, 0.6) is 0 Å². The van der Waals surface area contributed by atoms with Crippen molar-refractivity contribution in [3.63, 3.8) is 0 Å². The summed E-state index contributed by atoms with van der Waals surface area (Å²) in [5.41, 5.74) is 0. The first-order valence-electron chi connectivity index (χ1n) is 8.74. The number of hydrogen-bond donors (Lipinski definition) is 1. The Bertz CT molecular complexity index is 655. The predicted molar refractivity (Wildman–Crippen MR) is 53.9 cm³/mol. The van der Waals surface area contributed by atoms with Crippen LogP contribution in [-0.2, 0) is 0 Å². The summed E-state index contributed by atoms with van der Waals surface area (Å²) in [5, 5.41) is 9.98. The lowest BCUT2D eigenvalue weighted by Gasteiger charge is -2.29. The molecular weight excluding hydrogens is 234 g/mol. The van der Waals surface area contributed by atoms with Crippen molar-refractivity contribution < 1.29 is 24.6 Å². The van der Waals surface area contributed by atoms with E-state index in [4.69, 9.17) is 19.5 Å². The summed E-state index contributed by atoms with van der Waals surface area (Å²) in [7, 11) is 0. The highest BCUT2D eigenvalue weighted by molar-refractivity contribution is 9.10. The third kappa shape index (κ3) is 2.06. The van der Waals surface area contributed by atoms with Crippen molar-refractivity contribution in [1.82, 2.24) is 0 Å². The topological polar surface area (TPSA) is 36.6 Å². The summed E-state index contributed by atoms with van der Waals surface area (Å²) < 4.78 is 89.9. The minimum atomic E-state index is -3.79. The summed E-state index contributed by atoms with van der Waals surface area (Å²) in [6.45, 7) is -6.98. The molecule has 0 atom stereocenters. The summed E-state index contributed by atoms with van der Waals surface area (Å²) in [5.74, 6) is -0.940. The minimum absolute atomic E-state index is 0.117. The molecule has 1 saturated heterocycles. The zero-order valence-electron chi connectivity index (χ0n) is 17.2. The van der Waals surface area contributed by atoms with E-state index in [1.807, 2.05) is 0 Å². The van der Waals surface area contributed by atoms with E-state index in [1.165, 1.54) is 0 Å². The lowest BCUT2D eigenvalue weighted by atomic mass is 10.1. The smallest absolute Gasteiger partial charge is 0.196 e. The van der Waals surface area contributed by atoms with Gasteiger partial charge in [-0.25, -0.2) is 0 Å². The van der Waals surface area contributed by atoms with Crippen LogP contribution in [0.1, 0.15) is 27.8 Å². The van der Waals surface area contributed by atoms with Gasteiger partial charge < -0.3 is 14.4 Å². The van der Waals surface area contributed by atoms with Gasteiger partial charge in [-0.05, 0) is 34.7 Å². The summed E-state index contributed by atoms with van der Waals surface area (Å²) in [6, 6.07) is -1.39. The maximum atomic E-state index is 9.98. The normalized spacial score (nSPS) is 49.7. The Morgan fingerprint density at radius 1 is 1.69 bits per heavy atom. The van der Waals surface area contributed by atoms with E-state index >= 15 is 0 Å². The Morgan fingerprint density at radius 2 is 2.38 bits per heavy atom. The number of halogens is 1. The first-order valence-corrected chi connectivity index (χ1v) is 4.03. The van der Waals surface area contributed by atoms with E-state index in [0.29, 0.717) is 0 Å². The molecule has 4 heteroatoms. The van der Waals surface area contributed by atoms with E-state index in [9.17, 15) is 5.11 Å². The molecule has 3 nitrogen and oxygen atoms in total. The fraction of sp³-hybridized carbons (Fsp3) is 0.556. The van der Waals surface area contributed by atoms with E-state index in [2.05, 4.69) is 15.9 Å². The highest BCUT2D eigenvalue weighted by atomic mass is 79.9. The Hall–Kier alpha value is -0.480. The van der Waals surface area contributed by atoms with Crippen LogP contribution in [-0.4, -0.2) is 24.2 Å². The highest BCUT2D eigenvalue weighted by Gasteiger charge is 2.18. The second-order valence-corrected chi connectivity index (χ2v) is 2.81. The van der Waals surface area contributed by atoms with Crippen LogP contribution in [0, 0.1) is 0 Å². The van der Waals surface area contributed by atoms with E-state index < -0.39 is 49.8 Å². The van der Waals surface area contributed by atoms with Crippen LogP contribution in [0.3, 0.4) is 0 Å².